The van der Waals surface area contributed by atoms with E-state index in [1.54, 1.807) is 32.9 Å². The molecule has 0 aromatic heterocycles. The normalized spacial score (nSPS) is 12.6. The number of carbonyl (C=O) groups is 2. The van der Waals surface area contributed by atoms with Crippen molar-refractivity contribution in [1.29, 1.82) is 0 Å². The third kappa shape index (κ3) is 6.27. The fraction of sp³-hybridized carbons (Fsp3) is 0.467. The van der Waals surface area contributed by atoms with E-state index in [1.807, 2.05) is 6.07 Å². The predicted molar refractivity (Wildman–Crippen MR) is 102 cm³/mol. The van der Waals surface area contributed by atoms with Gasteiger partial charge in [0.25, 0.3) is 0 Å². The lowest BCUT2D eigenvalue weighted by molar-refractivity contribution is -0.139. The molecule has 0 saturated carbocycles. The summed E-state index contributed by atoms with van der Waals surface area (Å²) in [5, 5.41) is 11.9. The average Bonchev–Trinajstić information content (AvgIpc) is 2.41. The number of halogens is 2. The molecule has 5 nitrogen and oxygen atoms in total. The summed E-state index contributed by atoms with van der Waals surface area (Å²) in [5.41, 5.74) is 1.94. The Morgan fingerprint density at radius 2 is 1.68 bits per heavy atom. The Morgan fingerprint density at radius 3 is 2.05 bits per heavy atom. The first-order valence-corrected chi connectivity index (χ1v) is 9.68. The van der Waals surface area contributed by atoms with E-state index in [1.165, 1.54) is 0 Å². The van der Waals surface area contributed by atoms with Crippen molar-refractivity contribution in [3.63, 3.8) is 0 Å². The van der Waals surface area contributed by atoms with Crippen LogP contribution in [0.25, 0.3) is 0 Å². The third-order valence-corrected chi connectivity index (χ3v) is 4.39. The van der Waals surface area contributed by atoms with Crippen molar-refractivity contribution >= 4 is 57.2 Å². The summed E-state index contributed by atoms with van der Waals surface area (Å²) < 4.78 is 6.68. The predicted octanol–water partition coefficient (Wildman–Crippen LogP) is 4.21. The monoisotopic (exact) mass is 531 g/mol. The molecule has 0 aliphatic rings. The van der Waals surface area contributed by atoms with Crippen LogP contribution in [0, 0.1) is 0 Å². The molecule has 122 valence electrons. The lowest BCUT2D eigenvalue weighted by Crippen LogP contribution is -2.38. The zero-order chi connectivity index (χ0) is 16.9. The van der Waals surface area contributed by atoms with Crippen LogP contribution in [0.5, 0.6) is 0 Å². The molecule has 1 aromatic carbocycles. The number of rotatable bonds is 5. The molecule has 0 spiro atoms. The van der Waals surface area contributed by atoms with Crippen LogP contribution in [-0.4, -0.2) is 22.8 Å². The van der Waals surface area contributed by atoms with Gasteiger partial charge in [0.2, 0.25) is 0 Å². The average molecular weight is 531 g/mol. The van der Waals surface area contributed by atoms with Crippen LogP contribution in [-0.2, 0) is 18.4 Å². The van der Waals surface area contributed by atoms with E-state index in [-0.39, 0.29) is 0 Å². The Labute approximate surface area is 157 Å². The minimum atomic E-state index is -1.13. The minimum Gasteiger partial charge on any atom is -0.479 e. The maximum Gasteiger partial charge on any atom is 0.408 e. The zero-order valence-corrected chi connectivity index (χ0v) is 17.0. The third-order valence-electron chi connectivity index (χ3n) is 2.62. The molecular weight excluding hydrogens is 512 g/mol. The second-order valence-electron chi connectivity index (χ2n) is 5.77. The van der Waals surface area contributed by atoms with Gasteiger partial charge in [-0.1, -0.05) is 63.4 Å². The Morgan fingerprint density at radius 1 is 1.18 bits per heavy atom. The molecule has 2 N–H and O–H groups in total. The number of benzene rings is 1. The fourth-order valence-electron chi connectivity index (χ4n) is 1.83. The molecule has 1 rings (SSSR count). The number of carboxylic acids is 1. The van der Waals surface area contributed by atoms with Gasteiger partial charge in [0.1, 0.15) is 5.60 Å². The highest BCUT2D eigenvalue weighted by atomic mass is 127. The summed E-state index contributed by atoms with van der Waals surface area (Å²) in [6.07, 6.45) is -0.740. The van der Waals surface area contributed by atoms with E-state index in [0.717, 1.165) is 20.0 Å². The van der Waals surface area contributed by atoms with Crippen molar-refractivity contribution in [2.24, 2.45) is 0 Å². The van der Waals surface area contributed by atoms with Gasteiger partial charge in [-0.15, -0.1) is 0 Å². The first-order chi connectivity index (χ1) is 10.2. The number of aliphatic carboxylic acids is 1. The number of alkyl carbamates (subject to hydrolysis) is 1. The summed E-state index contributed by atoms with van der Waals surface area (Å²) >= 11 is 4.45. The van der Waals surface area contributed by atoms with E-state index in [0.29, 0.717) is 5.56 Å². The van der Waals surface area contributed by atoms with Crippen LogP contribution in [0.1, 0.15) is 43.5 Å². The van der Waals surface area contributed by atoms with Gasteiger partial charge in [0.15, 0.2) is 6.04 Å². The fourth-order valence-corrected chi connectivity index (χ4v) is 2.71. The molecule has 1 atom stereocenters. The number of amides is 1. The maximum atomic E-state index is 11.9. The summed E-state index contributed by atoms with van der Waals surface area (Å²) in [5.74, 6) is -1.11. The van der Waals surface area contributed by atoms with Crippen molar-refractivity contribution in [2.45, 2.75) is 41.3 Å². The van der Waals surface area contributed by atoms with Crippen LogP contribution in [0.3, 0.4) is 0 Å². The SMILES string of the molecule is CC(C)(C)OC(=O)NC(C(=O)O)c1cc(CI)cc(CI)c1. The summed E-state index contributed by atoms with van der Waals surface area (Å²) in [4.78, 5) is 23.4. The van der Waals surface area contributed by atoms with E-state index in [9.17, 15) is 14.7 Å². The van der Waals surface area contributed by atoms with Crippen LogP contribution < -0.4 is 5.32 Å². The lowest BCUT2D eigenvalue weighted by atomic mass is 10.0. The Bertz CT molecular complexity index is 533. The van der Waals surface area contributed by atoms with E-state index in [4.69, 9.17) is 4.74 Å². The molecule has 0 heterocycles. The molecule has 0 radical (unpaired) electrons. The lowest BCUT2D eigenvalue weighted by Gasteiger charge is -2.22. The van der Waals surface area contributed by atoms with Crippen LogP contribution in [0.2, 0.25) is 0 Å². The van der Waals surface area contributed by atoms with Crippen molar-refractivity contribution in [3.05, 3.63) is 34.9 Å². The van der Waals surface area contributed by atoms with Crippen molar-refractivity contribution < 1.29 is 19.4 Å². The molecule has 22 heavy (non-hydrogen) atoms. The number of alkyl halides is 2. The Balaban J connectivity index is 3.05. The first kappa shape index (κ1) is 19.5. The molecule has 0 fully saturated rings. The highest BCUT2D eigenvalue weighted by Gasteiger charge is 2.26. The highest BCUT2D eigenvalue weighted by Crippen LogP contribution is 2.22. The van der Waals surface area contributed by atoms with Crippen LogP contribution in [0.15, 0.2) is 18.2 Å². The van der Waals surface area contributed by atoms with Gasteiger partial charge in [0.05, 0.1) is 0 Å². The number of carbonyl (C=O) groups excluding carboxylic acids is 1. The summed E-state index contributed by atoms with van der Waals surface area (Å²) in [6, 6.07) is 4.52. The van der Waals surface area contributed by atoms with Gasteiger partial charge >= 0.3 is 12.1 Å². The van der Waals surface area contributed by atoms with Crippen LogP contribution in [0.4, 0.5) is 4.79 Å². The largest absolute Gasteiger partial charge is 0.479 e. The van der Waals surface area contributed by atoms with Crippen LogP contribution >= 0.6 is 45.2 Å². The summed E-state index contributed by atoms with van der Waals surface area (Å²) in [6.45, 7) is 5.19. The molecule has 0 aliphatic carbocycles. The second-order valence-corrected chi connectivity index (χ2v) is 7.29. The zero-order valence-electron chi connectivity index (χ0n) is 12.7. The highest BCUT2D eigenvalue weighted by molar-refractivity contribution is 14.1. The molecule has 1 unspecified atom stereocenters. The molecule has 0 saturated heterocycles. The topological polar surface area (TPSA) is 75.6 Å². The van der Waals surface area contributed by atoms with Crippen molar-refractivity contribution in [1.82, 2.24) is 5.32 Å². The summed E-state index contributed by atoms with van der Waals surface area (Å²) in [7, 11) is 0. The van der Waals surface area contributed by atoms with Crippen molar-refractivity contribution in [2.75, 3.05) is 0 Å². The minimum absolute atomic E-state index is 0.555. The number of carboxylic acid groups (broad SMARTS) is 1. The standard InChI is InChI=1S/C15H19I2NO4/c1-15(2,3)22-14(21)18-12(13(19)20)11-5-9(7-16)4-10(6-11)8-17/h4-6,12H,7-8H2,1-3H3,(H,18,21)(H,19,20). The van der Waals surface area contributed by atoms with Gasteiger partial charge < -0.3 is 15.2 Å². The Hall–Kier alpha value is -0.580. The smallest absolute Gasteiger partial charge is 0.408 e. The van der Waals surface area contributed by atoms with E-state index < -0.39 is 23.7 Å². The molecule has 0 bridgehead atoms. The maximum absolute atomic E-state index is 11.9. The van der Waals surface area contributed by atoms with Gasteiger partial charge in [-0.3, -0.25) is 0 Å². The van der Waals surface area contributed by atoms with Crippen molar-refractivity contribution in [3.8, 4) is 0 Å². The van der Waals surface area contributed by atoms with E-state index in [2.05, 4.69) is 50.5 Å². The van der Waals surface area contributed by atoms with Gasteiger partial charge in [0, 0.05) is 8.86 Å². The molecule has 1 aromatic rings. The number of hydrogen-bond donors (Lipinski definition) is 2. The van der Waals surface area contributed by atoms with Gasteiger partial charge in [-0.25, -0.2) is 9.59 Å². The molecule has 0 aliphatic heterocycles. The molecule has 1 amide bonds. The second kappa shape index (κ2) is 8.32. The molecular formula is C15H19I2NO4. The quantitative estimate of drug-likeness (QED) is 0.442. The number of hydrogen-bond acceptors (Lipinski definition) is 3. The number of nitrogens with one attached hydrogen (secondary N) is 1. The first-order valence-electron chi connectivity index (χ1n) is 6.63. The van der Waals surface area contributed by atoms with Gasteiger partial charge in [-0.2, -0.15) is 0 Å². The number of ether oxygens (including phenoxy) is 1. The van der Waals surface area contributed by atoms with E-state index >= 15 is 0 Å². The Kier molecular flexibility index (Phi) is 7.36. The van der Waals surface area contributed by atoms with Gasteiger partial charge in [-0.05, 0) is 37.5 Å². The molecule has 7 heteroatoms.